The van der Waals surface area contributed by atoms with Gasteiger partial charge in [0, 0.05) is 24.1 Å². The van der Waals surface area contributed by atoms with Crippen molar-refractivity contribution in [1.29, 1.82) is 0 Å². The molecule has 0 aromatic heterocycles. The van der Waals surface area contributed by atoms with Crippen molar-refractivity contribution < 1.29 is 19.0 Å². The van der Waals surface area contributed by atoms with Gasteiger partial charge in [0.2, 0.25) is 0 Å². The molecule has 0 N–H and O–H groups in total. The Balaban J connectivity index is 1.80. The van der Waals surface area contributed by atoms with E-state index in [1.807, 2.05) is 13.0 Å². The van der Waals surface area contributed by atoms with E-state index in [4.69, 9.17) is 14.2 Å². The minimum absolute atomic E-state index is 0.0207. The smallest absolute Gasteiger partial charge is 0.303 e. The van der Waals surface area contributed by atoms with E-state index >= 15 is 0 Å². The zero-order valence-electron chi connectivity index (χ0n) is 12.8. The van der Waals surface area contributed by atoms with E-state index in [1.165, 1.54) is 6.92 Å². The van der Waals surface area contributed by atoms with Crippen LogP contribution in [0.15, 0.2) is 12.2 Å². The van der Waals surface area contributed by atoms with Crippen LogP contribution < -0.4 is 0 Å². The van der Waals surface area contributed by atoms with Gasteiger partial charge in [0.05, 0.1) is 13.2 Å². The quantitative estimate of drug-likeness (QED) is 0.441. The van der Waals surface area contributed by atoms with Crippen LogP contribution in [0.1, 0.15) is 33.6 Å². The maximum absolute atomic E-state index is 11.0. The third kappa shape index (κ3) is 2.47. The summed E-state index contributed by atoms with van der Waals surface area (Å²) >= 11 is 3.82. The topological polar surface area (TPSA) is 44.8 Å². The zero-order valence-corrected chi connectivity index (χ0v) is 14.4. The van der Waals surface area contributed by atoms with Crippen LogP contribution in [-0.2, 0) is 19.0 Å². The average Bonchev–Trinajstić information content (AvgIpc) is 3.02. The van der Waals surface area contributed by atoms with E-state index < -0.39 is 5.79 Å². The number of carbonyl (C=O) groups excluding carboxylic acids is 1. The molecule has 2 bridgehead atoms. The fourth-order valence-corrected chi connectivity index (χ4v) is 5.54. The number of esters is 1. The largest absolute Gasteiger partial charge is 0.459 e. The number of halogens is 1. The zero-order chi connectivity index (χ0) is 15.3. The first kappa shape index (κ1) is 15.5. The first-order chi connectivity index (χ1) is 9.87. The molecule has 0 aromatic carbocycles. The Kier molecular flexibility index (Phi) is 3.95. The molecule has 118 valence electrons. The van der Waals surface area contributed by atoms with Gasteiger partial charge in [-0.2, -0.15) is 0 Å². The van der Waals surface area contributed by atoms with E-state index in [0.29, 0.717) is 29.9 Å². The van der Waals surface area contributed by atoms with Gasteiger partial charge < -0.3 is 14.2 Å². The van der Waals surface area contributed by atoms with Gasteiger partial charge in [-0.3, -0.25) is 4.79 Å². The lowest BCUT2D eigenvalue weighted by Crippen LogP contribution is -2.40. The molecule has 5 heteroatoms. The second-order valence-corrected chi connectivity index (χ2v) is 7.84. The first-order valence-electron chi connectivity index (χ1n) is 7.66. The predicted molar refractivity (Wildman–Crippen MR) is 82.0 cm³/mol. The van der Waals surface area contributed by atoms with Crippen molar-refractivity contribution >= 4 is 21.9 Å². The van der Waals surface area contributed by atoms with Gasteiger partial charge in [-0.05, 0) is 30.8 Å². The summed E-state index contributed by atoms with van der Waals surface area (Å²) in [4.78, 5) is 11.5. The maximum atomic E-state index is 11.0. The number of hydrogen-bond acceptors (Lipinski definition) is 4. The van der Waals surface area contributed by atoms with Crippen LogP contribution in [0.3, 0.4) is 0 Å². The Labute approximate surface area is 134 Å². The number of hydrogen-bond donors (Lipinski definition) is 0. The van der Waals surface area contributed by atoms with E-state index in [9.17, 15) is 4.79 Å². The van der Waals surface area contributed by atoms with Crippen LogP contribution in [0.4, 0.5) is 0 Å². The highest BCUT2D eigenvalue weighted by atomic mass is 79.9. The van der Waals surface area contributed by atoms with Gasteiger partial charge in [0.25, 0.3) is 0 Å². The number of carbonyl (C=O) groups is 1. The monoisotopic (exact) mass is 358 g/mol. The Morgan fingerprint density at radius 3 is 2.71 bits per heavy atom. The molecular formula is C16H23BrO4. The molecule has 1 spiro atoms. The van der Waals surface area contributed by atoms with Gasteiger partial charge in [-0.25, -0.2) is 0 Å². The first-order valence-corrected chi connectivity index (χ1v) is 8.57. The highest BCUT2D eigenvalue weighted by molar-refractivity contribution is 9.09. The normalized spacial score (nSPS) is 42.0. The van der Waals surface area contributed by atoms with Crippen molar-refractivity contribution in [2.75, 3.05) is 13.2 Å². The van der Waals surface area contributed by atoms with Crippen molar-refractivity contribution in [2.45, 2.75) is 50.3 Å². The average molecular weight is 359 g/mol. The molecule has 3 aliphatic rings. The van der Waals surface area contributed by atoms with E-state index in [0.717, 1.165) is 12.8 Å². The maximum Gasteiger partial charge on any atom is 0.303 e. The van der Waals surface area contributed by atoms with Crippen molar-refractivity contribution in [3.05, 3.63) is 12.2 Å². The fraction of sp³-hybridized carbons (Fsp3) is 0.812. The Morgan fingerprint density at radius 2 is 2.10 bits per heavy atom. The van der Waals surface area contributed by atoms with Crippen molar-refractivity contribution in [3.8, 4) is 0 Å². The van der Waals surface area contributed by atoms with Gasteiger partial charge >= 0.3 is 5.97 Å². The van der Waals surface area contributed by atoms with Crippen LogP contribution in [0.2, 0.25) is 0 Å². The van der Waals surface area contributed by atoms with Crippen LogP contribution >= 0.6 is 15.9 Å². The lowest BCUT2D eigenvalue weighted by Gasteiger charge is -2.34. The SMILES string of the molecule is CC(=O)O[C@@H](C)/C=C/[C@]1(C)[C@H]2CC3(OCCO3)[C@@H]1C[C@H]2Br. The summed E-state index contributed by atoms with van der Waals surface area (Å²) in [7, 11) is 0. The number of ether oxygens (including phenoxy) is 3. The molecule has 1 heterocycles. The molecule has 3 rings (SSSR count). The molecule has 0 amide bonds. The van der Waals surface area contributed by atoms with E-state index in [-0.39, 0.29) is 17.5 Å². The molecule has 0 aromatic rings. The lowest BCUT2D eigenvalue weighted by atomic mass is 9.78. The minimum atomic E-state index is -0.390. The molecule has 1 saturated heterocycles. The van der Waals surface area contributed by atoms with Crippen molar-refractivity contribution in [3.63, 3.8) is 0 Å². The molecule has 4 nitrogen and oxygen atoms in total. The molecule has 3 fully saturated rings. The van der Waals surface area contributed by atoms with Gasteiger partial charge in [-0.1, -0.05) is 28.9 Å². The predicted octanol–water partition coefficient (Wildman–Crippen LogP) is 3.05. The Hall–Kier alpha value is -0.390. The number of fused-ring (bicyclic) bond motifs is 3. The standard InChI is InChI=1S/C16H23BrO4/c1-10(21-11(2)18)4-5-15(3)12-9-16(19-6-7-20-16)14(15)8-13(12)17/h4-5,10,12-14H,6-9H2,1-3H3/b5-4+/t10-,12-,13+,14+,15+/m0/s1. The summed E-state index contributed by atoms with van der Waals surface area (Å²) < 4.78 is 17.2. The van der Waals surface area contributed by atoms with Gasteiger partial charge in [0.1, 0.15) is 6.10 Å². The molecule has 0 unspecified atom stereocenters. The third-order valence-electron chi connectivity index (χ3n) is 5.34. The van der Waals surface area contributed by atoms with E-state index in [2.05, 4.69) is 28.9 Å². The van der Waals surface area contributed by atoms with Gasteiger partial charge in [0.15, 0.2) is 5.79 Å². The summed E-state index contributed by atoms with van der Waals surface area (Å²) in [6.07, 6.45) is 6.02. The van der Waals surface area contributed by atoms with Crippen molar-refractivity contribution in [1.82, 2.24) is 0 Å². The fourth-order valence-electron chi connectivity index (χ4n) is 4.41. The molecule has 5 atom stereocenters. The number of alkyl halides is 1. The minimum Gasteiger partial charge on any atom is -0.459 e. The van der Waals surface area contributed by atoms with Crippen molar-refractivity contribution in [2.24, 2.45) is 17.3 Å². The van der Waals surface area contributed by atoms with Gasteiger partial charge in [-0.15, -0.1) is 0 Å². The molecule has 2 aliphatic carbocycles. The highest BCUT2D eigenvalue weighted by Crippen LogP contribution is 2.66. The summed E-state index contributed by atoms with van der Waals surface area (Å²) in [5.41, 5.74) is 0.0207. The second-order valence-electron chi connectivity index (χ2n) is 6.66. The van der Waals surface area contributed by atoms with Crippen LogP contribution in [0.5, 0.6) is 0 Å². The van der Waals surface area contributed by atoms with Crippen LogP contribution in [0, 0.1) is 17.3 Å². The summed E-state index contributed by atoms with van der Waals surface area (Å²) in [6, 6.07) is 0. The van der Waals surface area contributed by atoms with Crippen LogP contribution in [-0.4, -0.2) is 35.9 Å². The molecule has 1 aliphatic heterocycles. The summed E-state index contributed by atoms with van der Waals surface area (Å²) in [5, 5.41) is 0. The third-order valence-corrected chi connectivity index (χ3v) is 6.35. The number of allylic oxidation sites excluding steroid dienone is 1. The molecule has 2 saturated carbocycles. The highest BCUT2D eigenvalue weighted by Gasteiger charge is 2.68. The van der Waals surface area contributed by atoms with E-state index in [1.54, 1.807) is 0 Å². The second kappa shape index (κ2) is 5.36. The molecule has 21 heavy (non-hydrogen) atoms. The lowest BCUT2D eigenvalue weighted by molar-refractivity contribution is -0.195. The summed E-state index contributed by atoms with van der Waals surface area (Å²) in [5.74, 6) is 0.201. The Morgan fingerprint density at radius 1 is 1.43 bits per heavy atom. The summed E-state index contributed by atoms with van der Waals surface area (Å²) in [6.45, 7) is 7.00. The van der Waals surface area contributed by atoms with Crippen LogP contribution in [0.25, 0.3) is 0 Å². The number of rotatable bonds is 3. The molecule has 0 radical (unpaired) electrons. The Bertz CT molecular complexity index is 457. The molecular weight excluding hydrogens is 336 g/mol.